The average molecular weight is 535 g/mol. The molecule has 2 N–H and O–H groups in total. The van der Waals surface area contributed by atoms with Crippen LogP contribution in [0.5, 0.6) is 5.75 Å². The second-order valence-electron chi connectivity index (χ2n) is 7.09. The van der Waals surface area contributed by atoms with E-state index in [1.54, 1.807) is 7.11 Å². The van der Waals surface area contributed by atoms with Crippen LogP contribution >= 0.6 is 35.6 Å². The lowest BCUT2D eigenvalue weighted by molar-refractivity contribution is 0.153. The van der Waals surface area contributed by atoms with Crippen molar-refractivity contribution in [2.75, 3.05) is 51.4 Å². The van der Waals surface area contributed by atoms with Gasteiger partial charge >= 0.3 is 0 Å². The van der Waals surface area contributed by atoms with Crippen molar-refractivity contribution in [3.8, 4) is 5.75 Å². The third-order valence-electron chi connectivity index (χ3n) is 5.12. The van der Waals surface area contributed by atoms with E-state index < -0.39 is 0 Å². The van der Waals surface area contributed by atoms with Crippen molar-refractivity contribution in [3.63, 3.8) is 0 Å². The van der Waals surface area contributed by atoms with Crippen LogP contribution in [0.15, 0.2) is 34.8 Å². The zero-order valence-electron chi connectivity index (χ0n) is 17.2. The number of anilines is 1. The summed E-state index contributed by atoms with van der Waals surface area (Å²) in [4.78, 5) is 7.08. The van der Waals surface area contributed by atoms with Crippen molar-refractivity contribution in [2.24, 2.45) is 4.99 Å². The van der Waals surface area contributed by atoms with Crippen LogP contribution in [0.3, 0.4) is 0 Å². The standard InChI is InChI=1S/C21H31ClN4O2.HI/c1-3-23-21(24-10-6-16-8-12-28-13-9-16)25-18-7-11-26(15-18)19-14-17(22)4-5-20(19)27-2;/h4-5,8,14,18H,3,6-7,9-13,15H2,1-2H3,(H2,23,24,25);1H. The molecule has 1 saturated heterocycles. The van der Waals surface area contributed by atoms with Gasteiger partial charge in [-0.1, -0.05) is 23.3 Å². The summed E-state index contributed by atoms with van der Waals surface area (Å²) < 4.78 is 10.9. The molecule has 1 aromatic rings. The Morgan fingerprint density at radius 2 is 2.28 bits per heavy atom. The number of hydrogen-bond acceptors (Lipinski definition) is 4. The highest BCUT2D eigenvalue weighted by Gasteiger charge is 2.25. The van der Waals surface area contributed by atoms with Gasteiger partial charge in [0, 0.05) is 37.2 Å². The second kappa shape index (κ2) is 12.5. The van der Waals surface area contributed by atoms with Crippen LogP contribution in [0.4, 0.5) is 5.69 Å². The largest absolute Gasteiger partial charge is 0.495 e. The predicted octanol–water partition coefficient (Wildman–Crippen LogP) is 3.84. The Labute approximate surface area is 196 Å². The summed E-state index contributed by atoms with van der Waals surface area (Å²) in [6.07, 6.45) is 5.25. The van der Waals surface area contributed by atoms with Crippen LogP contribution in [0.1, 0.15) is 26.2 Å². The van der Waals surface area contributed by atoms with E-state index in [4.69, 9.17) is 26.1 Å². The lowest BCUT2D eigenvalue weighted by Gasteiger charge is -2.22. The summed E-state index contributed by atoms with van der Waals surface area (Å²) in [5.74, 6) is 1.75. The Kier molecular flexibility index (Phi) is 10.4. The zero-order valence-corrected chi connectivity index (χ0v) is 20.3. The minimum Gasteiger partial charge on any atom is -0.495 e. The van der Waals surface area contributed by atoms with Crippen LogP contribution in [0.2, 0.25) is 5.02 Å². The number of rotatable bonds is 7. The Bertz CT molecular complexity index is 714. The van der Waals surface area contributed by atoms with Gasteiger partial charge in [-0.05, 0) is 44.4 Å². The minimum absolute atomic E-state index is 0. The highest BCUT2D eigenvalue weighted by Crippen LogP contribution is 2.33. The van der Waals surface area contributed by atoms with Gasteiger partial charge in [-0.25, -0.2) is 0 Å². The number of halogens is 2. The molecule has 1 fully saturated rings. The highest BCUT2D eigenvalue weighted by molar-refractivity contribution is 14.0. The first-order valence-corrected chi connectivity index (χ1v) is 10.5. The molecule has 29 heavy (non-hydrogen) atoms. The predicted molar refractivity (Wildman–Crippen MR) is 131 cm³/mol. The molecule has 0 spiro atoms. The van der Waals surface area contributed by atoms with Gasteiger partial charge in [0.05, 0.1) is 26.0 Å². The Morgan fingerprint density at radius 1 is 1.41 bits per heavy atom. The fourth-order valence-corrected chi connectivity index (χ4v) is 3.79. The lowest BCUT2D eigenvalue weighted by atomic mass is 10.1. The molecule has 2 heterocycles. The molecule has 162 valence electrons. The molecule has 1 unspecified atom stereocenters. The third kappa shape index (κ3) is 7.22. The first kappa shape index (κ1) is 24.1. The fourth-order valence-electron chi connectivity index (χ4n) is 3.62. The van der Waals surface area contributed by atoms with Crippen LogP contribution < -0.4 is 20.3 Å². The summed E-state index contributed by atoms with van der Waals surface area (Å²) in [6.45, 7) is 7.15. The van der Waals surface area contributed by atoms with Crippen molar-refractivity contribution in [2.45, 2.75) is 32.2 Å². The van der Waals surface area contributed by atoms with Gasteiger partial charge in [0.25, 0.3) is 0 Å². The lowest BCUT2D eigenvalue weighted by Crippen LogP contribution is -2.44. The average Bonchev–Trinajstić information content (AvgIpc) is 3.17. The van der Waals surface area contributed by atoms with Crippen molar-refractivity contribution >= 4 is 47.2 Å². The summed E-state index contributed by atoms with van der Waals surface area (Å²) in [6, 6.07) is 6.10. The molecule has 0 aliphatic carbocycles. The van der Waals surface area contributed by atoms with Gasteiger partial charge < -0.3 is 25.0 Å². The number of hydrogen-bond donors (Lipinski definition) is 2. The van der Waals surface area contributed by atoms with E-state index in [1.165, 1.54) is 5.57 Å². The summed E-state index contributed by atoms with van der Waals surface area (Å²) in [5.41, 5.74) is 2.50. The maximum Gasteiger partial charge on any atom is 0.191 e. The van der Waals surface area contributed by atoms with Crippen molar-refractivity contribution in [1.82, 2.24) is 10.6 Å². The minimum atomic E-state index is 0. The van der Waals surface area contributed by atoms with Gasteiger partial charge in [-0.15, -0.1) is 24.0 Å². The molecule has 0 amide bonds. The summed E-state index contributed by atoms with van der Waals surface area (Å²) in [5, 5.41) is 7.68. The van der Waals surface area contributed by atoms with E-state index in [1.807, 2.05) is 18.2 Å². The number of ether oxygens (including phenoxy) is 2. The number of methoxy groups -OCH3 is 1. The SMILES string of the molecule is CCNC(=NCCC1=CCOCC1)NC1CCN(c2cc(Cl)ccc2OC)C1.I. The van der Waals surface area contributed by atoms with E-state index >= 15 is 0 Å². The summed E-state index contributed by atoms with van der Waals surface area (Å²) in [7, 11) is 1.70. The normalized spacial score (nSPS) is 19.4. The van der Waals surface area contributed by atoms with Gasteiger partial charge in [0.2, 0.25) is 0 Å². The maximum atomic E-state index is 6.20. The van der Waals surface area contributed by atoms with E-state index in [-0.39, 0.29) is 24.0 Å². The molecule has 0 radical (unpaired) electrons. The van der Waals surface area contributed by atoms with E-state index in [0.717, 1.165) is 81.1 Å². The maximum absolute atomic E-state index is 6.20. The van der Waals surface area contributed by atoms with E-state index in [2.05, 4.69) is 28.5 Å². The van der Waals surface area contributed by atoms with Crippen LogP contribution in [-0.2, 0) is 4.74 Å². The molecular formula is C21H32ClIN4O2. The zero-order chi connectivity index (χ0) is 19.8. The first-order chi connectivity index (χ1) is 13.7. The molecule has 6 nitrogen and oxygen atoms in total. The van der Waals surface area contributed by atoms with Gasteiger partial charge in [-0.2, -0.15) is 0 Å². The van der Waals surface area contributed by atoms with E-state index in [9.17, 15) is 0 Å². The quantitative estimate of drug-likeness (QED) is 0.241. The van der Waals surface area contributed by atoms with Crippen LogP contribution in [-0.4, -0.2) is 58.5 Å². The molecular weight excluding hydrogens is 503 g/mol. The fraction of sp³-hybridized carbons (Fsp3) is 0.571. The number of nitrogens with one attached hydrogen (secondary N) is 2. The summed E-state index contributed by atoms with van der Waals surface area (Å²) >= 11 is 6.20. The third-order valence-corrected chi connectivity index (χ3v) is 5.35. The molecule has 2 aliphatic heterocycles. The van der Waals surface area contributed by atoms with Crippen LogP contribution in [0, 0.1) is 0 Å². The number of nitrogens with zero attached hydrogens (tertiary/aromatic N) is 2. The van der Waals surface area contributed by atoms with E-state index in [0.29, 0.717) is 6.04 Å². The van der Waals surface area contributed by atoms with Crippen molar-refractivity contribution in [1.29, 1.82) is 0 Å². The Balaban J connectivity index is 0.00000300. The van der Waals surface area contributed by atoms with Crippen molar-refractivity contribution in [3.05, 3.63) is 34.9 Å². The molecule has 3 rings (SSSR count). The number of guanidine groups is 1. The Morgan fingerprint density at radius 3 is 3.00 bits per heavy atom. The van der Waals surface area contributed by atoms with Gasteiger partial charge in [-0.3, -0.25) is 4.99 Å². The molecule has 0 saturated carbocycles. The molecule has 1 aromatic carbocycles. The molecule has 0 aromatic heterocycles. The monoisotopic (exact) mass is 534 g/mol. The van der Waals surface area contributed by atoms with Gasteiger partial charge in [0.1, 0.15) is 5.75 Å². The van der Waals surface area contributed by atoms with Gasteiger partial charge in [0.15, 0.2) is 5.96 Å². The second-order valence-corrected chi connectivity index (χ2v) is 7.53. The molecule has 8 heteroatoms. The first-order valence-electron chi connectivity index (χ1n) is 10.1. The van der Waals surface area contributed by atoms with Crippen LogP contribution in [0.25, 0.3) is 0 Å². The smallest absolute Gasteiger partial charge is 0.191 e. The Hall–Kier alpha value is -1.19. The molecule has 1 atom stereocenters. The topological polar surface area (TPSA) is 58.1 Å². The number of aliphatic imine (C=N–C) groups is 1. The molecule has 2 aliphatic rings. The van der Waals surface area contributed by atoms with Crippen molar-refractivity contribution < 1.29 is 9.47 Å². The highest BCUT2D eigenvalue weighted by atomic mass is 127. The number of benzene rings is 1. The molecule has 0 bridgehead atoms.